The van der Waals surface area contributed by atoms with Crippen molar-refractivity contribution < 1.29 is 38.0 Å². The van der Waals surface area contributed by atoms with Crippen LogP contribution in [0.2, 0.25) is 0 Å². The van der Waals surface area contributed by atoms with Crippen LogP contribution >= 0.6 is 0 Å². The van der Waals surface area contributed by atoms with Gasteiger partial charge in [0, 0.05) is 19.6 Å². The average Bonchev–Trinajstić information content (AvgIpc) is 3.10. The summed E-state index contributed by atoms with van der Waals surface area (Å²) in [6.07, 6.45) is 8.20. The largest absolute Gasteiger partial charge is 0.494 e. The van der Waals surface area contributed by atoms with Gasteiger partial charge < -0.3 is 28.4 Å². The number of aryl methyl sites for hydroxylation is 1. The molecule has 3 aromatic rings. The standard InChI is InChI=1S/C40H38O8/c1-4-6-7-8-9-10-11-12-26-44-27-13-14-28-45-35-19-17-34(18-20-35)40(42)48-38-24-23-37(31-32(38)3)47-39(41)33-15-21-36(22-16-33)46-30-29-43-25-5-2/h1,15-24,31H,5,12-14,25-30H2,2-3H3. The first-order chi connectivity index (χ1) is 23.5. The van der Waals surface area contributed by atoms with E-state index >= 15 is 0 Å². The minimum Gasteiger partial charge on any atom is -0.494 e. The number of hydrogen-bond acceptors (Lipinski definition) is 8. The zero-order valence-corrected chi connectivity index (χ0v) is 27.3. The molecule has 0 saturated heterocycles. The summed E-state index contributed by atoms with van der Waals surface area (Å²) in [6.45, 7) is 7.11. The zero-order chi connectivity index (χ0) is 34.2. The number of unbranched alkanes of at least 4 members (excludes halogenated alkanes) is 1. The summed E-state index contributed by atoms with van der Waals surface area (Å²) in [7, 11) is 0. The topological polar surface area (TPSA) is 89.5 Å². The zero-order valence-electron chi connectivity index (χ0n) is 27.3. The Kier molecular flexibility index (Phi) is 16.9. The third-order valence-corrected chi connectivity index (χ3v) is 6.32. The van der Waals surface area contributed by atoms with Crippen molar-refractivity contribution in [3.05, 3.63) is 83.4 Å². The van der Waals surface area contributed by atoms with Gasteiger partial charge in [-0.1, -0.05) is 12.8 Å². The van der Waals surface area contributed by atoms with Crippen molar-refractivity contribution in [2.24, 2.45) is 0 Å². The number of esters is 2. The van der Waals surface area contributed by atoms with Crippen molar-refractivity contribution in [3.63, 3.8) is 0 Å². The molecule has 48 heavy (non-hydrogen) atoms. The van der Waals surface area contributed by atoms with Gasteiger partial charge >= 0.3 is 11.9 Å². The highest BCUT2D eigenvalue weighted by Gasteiger charge is 2.14. The fourth-order valence-corrected chi connectivity index (χ4v) is 3.92. The third kappa shape index (κ3) is 14.2. The molecule has 0 atom stereocenters. The van der Waals surface area contributed by atoms with Crippen molar-refractivity contribution in [1.82, 2.24) is 0 Å². The second kappa shape index (κ2) is 22.0. The Morgan fingerprint density at radius 1 is 0.625 bits per heavy atom. The highest BCUT2D eigenvalue weighted by atomic mass is 16.5. The summed E-state index contributed by atoms with van der Waals surface area (Å²) in [5.74, 6) is 18.7. The number of terminal acetylenes is 1. The molecule has 0 radical (unpaired) electrons. The molecule has 0 aromatic heterocycles. The van der Waals surface area contributed by atoms with Crippen LogP contribution in [0.1, 0.15) is 58.9 Å². The number of ether oxygens (including phenoxy) is 6. The molecule has 8 nitrogen and oxygen atoms in total. The molecule has 0 aliphatic carbocycles. The van der Waals surface area contributed by atoms with E-state index in [1.54, 1.807) is 73.7 Å². The van der Waals surface area contributed by atoms with Gasteiger partial charge in [0.25, 0.3) is 0 Å². The highest BCUT2D eigenvalue weighted by molar-refractivity contribution is 5.92. The van der Waals surface area contributed by atoms with Gasteiger partial charge in [-0.3, -0.25) is 0 Å². The third-order valence-electron chi connectivity index (χ3n) is 6.32. The van der Waals surface area contributed by atoms with Crippen LogP contribution in [0, 0.1) is 54.8 Å². The first-order valence-electron chi connectivity index (χ1n) is 15.6. The Hall–Kier alpha value is -5.64. The van der Waals surface area contributed by atoms with Crippen LogP contribution < -0.4 is 18.9 Å². The molecule has 8 heteroatoms. The molecule has 0 spiro atoms. The molecule has 3 aromatic carbocycles. The molecular formula is C40H38O8. The predicted molar refractivity (Wildman–Crippen MR) is 183 cm³/mol. The van der Waals surface area contributed by atoms with E-state index in [1.165, 1.54) is 0 Å². The van der Waals surface area contributed by atoms with Gasteiger partial charge in [-0.15, -0.1) is 6.42 Å². The first kappa shape index (κ1) is 36.8. The number of rotatable bonds is 18. The molecule has 0 fully saturated rings. The van der Waals surface area contributed by atoms with Crippen molar-refractivity contribution >= 4 is 11.9 Å². The smallest absolute Gasteiger partial charge is 0.343 e. The summed E-state index contributed by atoms with van der Waals surface area (Å²) < 4.78 is 33.4. The Labute approximate surface area is 283 Å². The van der Waals surface area contributed by atoms with Gasteiger partial charge in [0.15, 0.2) is 0 Å². The summed E-state index contributed by atoms with van der Waals surface area (Å²) in [6, 6.07) is 18.3. The Morgan fingerprint density at radius 3 is 1.88 bits per heavy atom. The van der Waals surface area contributed by atoms with Crippen molar-refractivity contribution in [2.45, 2.75) is 39.5 Å². The van der Waals surface area contributed by atoms with Gasteiger partial charge in [0.2, 0.25) is 0 Å². The van der Waals surface area contributed by atoms with Crippen LogP contribution in [0.3, 0.4) is 0 Å². The van der Waals surface area contributed by atoms with Gasteiger partial charge in [-0.25, -0.2) is 9.59 Å². The van der Waals surface area contributed by atoms with Gasteiger partial charge in [-0.05, 0) is 134 Å². The predicted octanol–water partition coefficient (Wildman–Crippen LogP) is 6.45. The lowest BCUT2D eigenvalue weighted by molar-refractivity contribution is 0.0718. The molecule has 0 amide bonds. The van der Waals surface area contributed by atoms with E-state index in [-0.39, 0.29) is 0 Å². The van der Waals surface area contributed by atoms with E-state index < -0.39 is 11.9 Å². The lowest BCUT2D eigenvalue weighted by atomic mass is 10.2. The first-order valence-corrected chi connectivity index (χ1v) is 15.6. The average molecular weight is 647 g/mol. The monoisotopic (exact) mass is 646 g/mol. The van der Waals surface area contributed by atoms with Crippen LogP contribution in [0.5, 0.6) is 23.0 Å². The van der Waals surface area contributed by atoms with E-state index in [4.69, 9.17) is 34.8 Å². The molecule has 0 N–H and O–H groups in total. The van der Waals surface area contributed by atoms with Crippen LogP contribution in [0.25, 0.3) is 0 Å². The quantitative estimate of drug-likeness (QED) is 0.0675. The normalized spacial score (nSPS) is 9.69. The fourth-order valence-electron chi connectivity index (χ4n) is 3.92. The summed E-state index contributed by atoms with van der Waals surface area (Å²) in [4.78, 5) is 25.4. The maximum Gasteiger partial charge on any atom is 0.343 e. The summed E-state index contributed by atoms with van der Waals surface area (Å²) >= 11 is 0. The second-order valence-electron chi connectivity index (χ2n) is 10.1. The molecule has 246 valence electrons. The lowest BCUT2D eigenvalue weighted by Gasteiger charge is -2.11. The van der Waals surface area contributed by atoms with Gasteiger partial charge in [0.1, 0.15) is 29.6 Å². The van der Waals surface area contributed by atoms with Crippen molar-refractivity contribution in [3.8, 4) is 70.9 Å². The number of hydrogen-bond donors (Lipinski definition) is 0. The van der Waals surface area contributed by atoms with Gasteiger partial charge in [0.05, 0.1) is 30.9 Å². The molecule has 0 saturated carbocycles. The summed E-state index contributed by atoms with van der Waals surface area (Å²) in [5.41, 5.74) is 1.39. The lowest BCUT2D eigenvalue weighted by Crippen LogP contribution is -2.11. The Bertz CT molecular complexity index is 1700. The molecule has 0 heterocycles. The van der Waals surface area contributed by atoms with Crippen LogP contribution in [0.15, 0.2) is 66.7 Å². The molecule has 0 aliphatic rings. The van der Waals surface area contributed by atoms with Crippen LogP contribution in [-0.2, 0) is 9.47 Å². The molecular weight excluding hydrogens is 608 g/mol. The van der Waals surface area contributed by atoms with Crippen molar-refractivity contribution in [2.75, 3.05) is 39.6 Å². The summed E-state index contributed by atoms with van der Waals surface area (Å²) in [5, 5.41) is 0. The van der Waals surface area contributed by atoms with Gasteiger partial charge in [-0.2, -0.15) is 0 Å². The highest BCUT2D eigenvalue weighted by Crippen LogP contribution is 2.26. The molecule has 3 rings (SSSR count). The maximum atomic E-state index is 12.8. The molecule has 0 bridgehead atoms. The van der Waals surface area contributed by atoms with E-state index in [1.807, 2.05) is 6.92 Å². The number of carbonyl (C=O) groups excluding carboxylic acids is 2. The van der Waals surface area contributed by atoms with E-state index in [2.05, 4.69) is 41.4 Å². The van der Waals surface area contributed by atoms with E-state index in [9.17, 15) is 9.59 Å². The van der Waals surface area contributed by atoms with Crippen LogP contribution in [0.4, 0.5) is 0 Å². The fraction of sp³-hybridized carbons (Fsp3) is 0.300. The Balaban J connectivity index is 1.35. The van der Waals surface area contributed by atoms with E-state index in [0.29, 0.717) is 85.8 Å². The number of carbonyl (C=O) groups is 2. The maximum absolute atomic E-state index is 12.8. The Morgan fingerprint density at radius 2 is 1.21 bits per heavy atom. The SMILES string of the molecule is C#CC#CC#CC#CCCOCCCCOc1ccc(C(=O)Oc2ccc(OC(=O)c3ccc(OCCOCCC)cc3)cc2C)cc1. The minimum absolute atomic E-state index is 0.332. The van der Waals surface area contributed by atoms with Crippen LogP contribution in [-0.4, -0.2) is 51.6 Å². The second-order valence-corrected chi connectivity index (χ2v) is 10.1. The molecule has 0 unspecified atom stereocenters. The minimum atomic E-state index is -0.514. The van der Waals surface area contributed by atoms with E-state index in [0.717, 1.165) is 19.3 Å². The molecule has 0 aliphatic heterocycles. The number of benzene rings is 3. The van der Waals surface area contributed by atoms with Crippen molar-refractivity contribution in [1.29, 1.82) is 0 Å².